The fourth-order valence-corrected chi connectivity index (χ4v) is 2.09. The van der Waals surface area contributed by atoms with Crippen molar-refractivity contribution in [1.29, 1.82) is 0 Å². The molecule has 0 atom stereocenters. The molecule has 0 bridgehead atoms. The van der Waals surface area contributed by atoms with Crippen molar-refractivity contribution in [3.63, 3.8) is 0 Å². The molecule has 2 saturated heterocycles. The Morgan fingerprint density at radius 3 is 2.72 bits per heavy atom. The molecule has 0 saturated carbocycles. The number of hydrogen-bond acceptors (Lipinski definition) is 4. The number of allylic oxidation sites excluding steroid dienone is 1. The van der Waals surface area contributed by atoms with Crippen LogP contribution in [-0.4, -0.2) is 53.9 Å². The fraction of sp³-hybridized carbons (Fsp3) is 0.583. The minimum absolute atomic E-state index is 0.0986. The van der Waals surface area contributed by atoms with Crippen molar-refractivity contribution in [2.45, 2.75) is 12.8 Å². The molecule has 0 spiro atoms. The molecule has 18 heavy (non-hydrogen) atoms. The molecule has 2 aliphatic rings. The molecule has 0 aromatic heterocycles. The van der Waals surface area contributed by atoms with Gasteiger partial charge in [0, 0.05) is 32.0 Å². The average molecular weight is 252 g/mol. The smallest absolute Gasteiger partial charge is 0.417 e. The topological polar surface area (TPSA) is 66.9 Å². The van der Waals surface area contributed by atoms with Gasteiger partial charge in [0.05, 0.1) is 0 Å². The van der Waals surface area contributed by atoms with Crippen LogP contribution >= 0.6 is 0 Å². The second-order valence-electron chi connectivity index (χ2n) is 4.55. The number of amides is 3. The lowest BCUT2D eigenvalue weighted by Gasteiger charge is -2.40. The number of cyclic esters (lactones) is 1. The third kappa shape index (κ3) is 2.52. The third-order valence-electron chi connectivity index (χ3n) is 3.15. The minimum atomic E-state index is -0.573. The highest BCUT2D eigenvalue weighted by Gasteiger charge is 2.37. The standard InChI is InChI=1S/C12H16N2O4/c1-2-3-4-10(15)13-5-9(6-13)7-14-11(16)8-18-12(14)17/h2,9H,1,3-8H2. The predicted octanol–water partition coefficient (Wildman–Crippen LogP) is 0.390. The van der Waals surface area contributed by atoms with Crippen LogP contribution in [0.3, 0.4) is 0 Å². The Morgan fingerprint density at radius 2 is 2.17 bits per heavy atom. The Hall–Kier alpha value is -1.85. The maximum atomic E-state index is 11.6. The largest absolute Gasteiger partial charge is 0.439 e. The number of carbonyl (C=O) groups is 3. The van der Waals surface area contributed by atoms with Crippen LogP contribution in [0.4, 0.5) is 4.79 Å². The quantitative estimate of drug-likeness (QED) is 0.664. The molecular weight excluding hydrogens is 236 g/mol. The lowest BCUT2D eigenvalue weighted by Crippen LogP contribution is -2.54. The van der Waals surface area contributed by atoms with Crippen molar-refractivity contribution in [1.82, 2.24) is 9.80 Å². The Balaban J connectivity index is 1.73. The molecule has 2 heterocycles. The lowest BCUT2D eigenvalue weighted by atomic mass is 9.99. The lowest BCUT2D eigenvalue weighted by molar-refractivity contribution is -0.138. The number of imide groups is 1. The molecule has 0 N–H and O–H groups in total. The van der Waals surface area contributed by atoms with Gasteiger partial charge in [-0.25, -0.2) is 9.69 Å². The third-order valence-corrected chi connectivity index (χ3v) is 3.15. The van der Waals surface area contributed by atoms with Gasteiger partial charge < -0.3 is 9.64 Å². The Morgan fingerprint density at radius 1 is 1.44 bits per heavy atom. The van der Waals surface area contributed by atoms with Crippen LogP contribution in [0.25, 0.3) is 0 Å². The molecule has 98 valence electrons. The maximum Gasteiger partial charge on any atom is 0.417 e. The van der Waals surface area contributed by atoms with E-state index in [1.54, 1.807) is 11.0 Å². The van der Waals surface area contributed by atoms with E-state index in [2.05, 4.69) is 11.3 Å². The zero-order valence-corrected chi connectivity index (χ0v) is 10.1. The van der Waals surface area contributed by atoms with Gasteiger partial charge in [-0.05, 0) is 6.42 Å². The van der Waals surface area contributed by atoms with E-state index < -0.39 is 6.09 Å². The number of rotatable bonds is 5. The van der Waals surface area contributed by atoms with Gasteiger partial charge in [-0.15, -0.1) is 6.58 Å². The zero-order chi connectivity index (χ0) is 13.1. The van der Waals surface area contributed by atoms with Gasteiger partial charge in [-0.3, -0.25) is 9.59 Å². The van der Waals surface area contributed by atoms with Crippen LogP contribution in [-0.2, 0) is 14.3 Å². The van der Waals surface area contributed by atoms with E-state index in [-0.39, 0.29) is 24.3 Å². The SMILES string of the molecule is C=CCCC(=O)N1CC(CN2C(=O)COC2=O)C1. The number of carbonyl (C=O) groups excluding carboxylic acids is 3. The number of ether oxygens (including phenoxy) is 1. The summed E-state index contributed by atoms with van der Waals surface area (Å²) < 4.78 is 4.62. The summed E-state index contributed by atoms with van der Waals surface area (Å²) in [5, 5.41) is 0. The van der Waals surface area contributed by atoms with Crippen LogP contribution in [0.2, 0.25) is 0 Å². The highest BCUT2D eigenvalue weighted by atomic mass is 16.6. The van der Waals surface area contributed by atoms with Crippen LogP contribution < -0.4 is 0 Å². The van der Waals surface area contributed by atoms with Gasteiger partial charge in [0.1, 0.15) is 0 Å². The van der Waals surface area contributed by atoms with Gasteiger partial charge in [-0.2, -0.15) is 0 Å². The zero-order valence-electron chi connectivity index (χ0n) is 10.1. The van der Waals surface area contributed by atoms with Crippen LogP contribution in [0.15, 0.2) is 12.7 Å². The molecule has 6 nitrogen and oxygen atoms in total. The van der Waals surface area contributed by atoms with Crippen LogP contribution in [0, 0.1) is 5.92 Å². The Bertz CT molecular complexity index is 372. The van der Waals surface area contributed by atoms with E-state index in [0.29, 0.717) is 32.5 Å². The number of nitrogens with zero attached hydrogens (tertiary/aromatic N) is 2. The monoisotopic (exact) mass is 252 g/mol. The van der Waals surface area contributed by atoms with Gasteiger partial charge in [0.15, 0.2) is 6.61 Å². The molecule has 0 aliphatic carbocycles. The molecule has 2 rings (SSSR count). The van der Waals surface area contributed by atoms with Gasteiger partial charge >= 0.3 is 6.09 Å². The van der Waals surface area contributed by atoms with E-state index in [0.717, 1.165) is 4.90 Å². The van der Waals surface area contributed by atoms with Crippen molar-refractivity contribution in [2.75, 3.05) is 26.2 Å². The van der Waals surface area contributed by atoms with Crippen molar-refractivity contribution < 1.29 is 19.1 Å². The molecule has 0 aromatic carbocycles. The Kier molecular flexibility index (Phi) is 3.64. The first-order valence-corrected chi connectivity index (χ1v) is 5.97. The average Bonchev–Trinajstić information content (AvgIpc) is 2.60. The van der Waals surface area contributed by atoms with Crippen LogP contribution in [0.1, 0.15) is 12.8 Å². The molecule has 0 aromatic rings. The molecular formula is C12H16N2O4. The molecule has 6 heteroatoms. The fourth-order valence-electron chi connectivity index (χ4n) is 2.09. The number of hydrogen-bond donors (Lipinski definition) is 0. The second kappa shape index (κ2) is 5.20. The maximum absolute atomic E-state index is 11.6. The summed E-state index contributed by atoms with van der Waals surface area (Å²) in [4.78, 5) is 37.0. The molecule has 3 amide bonds. The normalized spacial score (nSPS) is 19.8. The second-order valence-corrected chi connectivity index (χ2v) is 4.55. The summed E-state index contributed by atoms with van der Waals surface area (Å²) >= 11 is 0. The molecule has 2 aliphatic heterocycles. The molecule has 2 fully saturated rings. The van der Waals surface area contributed by atoms with Gasteiger partial charge in [0.25, 0.3) is 5.91 Å². The van der Waals surface area contributed by atoms with Gasteiger partial charge in [0.2, 0.25) is 5.91 Å². The number of likely N-dealkylation sites (tertiary alicyclic amines) is 1. The van der Waals surface area contributed by atoms with Gasteiger partial charge in [-0.1, -0.05) is 6.08 Å². The van der Waals surface area contributed by atoms with E-state index in [1.807, 2.05) is 0 Å². The first-order chi connectivity index (χ1) is 8.61. The van der Waals surface area contributed by atoms with E-state index in [4.69, 9.17) is 0 Å². The van der Waals surface area contributed by atoms with Crippen molar-refractivity contribution >= 4 is 17.9 Å². The Labute approximate surface area is 105 Å². The minimum Gasteiger partial charge on any atom is -0.439 e. The van der Waals surface area contributed by atoms with Crippen molar-refractivity contribution in [3.05, 3.63) is 12.7 Å². The first-order valence-electron chi connectivity index (χ1n) is 5.97. The highest BCUT2D eigenvalue weighted by Crippen LogP contribution is 2.20. The van der Waals surface area contributed by atoms with E-state index >= 15 is 0 Å². The molecule has 0 radical (unpaired) electrons. The molecule has 0 unspecified atom stereocenters. The first kappa shape index (κ1) is 12.6. The summed E-state index contributed by atoms with van der Waals surface area (Å²) in [6.07, 6.45) is 2.29. The van der Waals surface area contributed by atoms with E-state index in [9.17, 15) is 14.4 Å². The van der Waals surface area contributed by atoms with Crippen molar-refractivity contribution in [2.24, 2.45) is 5.92 Å². The summed E-state index contributed by atoms with van der Waals surface area (Å²) in [6, 6.07) is 0. The summed E-state index contributed by atoms with van der Waals surface area (Å²) in [5.74, 6) is -0.0230. The predicted molar refractivity (Wildman–Crippen MR) is 62.6 cm³/mol. The summed E-state index contributed by atoms with van der Waals surface area (Å²) in [7, 11) is 0. The summed E-state index contributed by atoms with van der Waals surface area (Å²) in [5.41, 5.74) is 0. The van der Waals surface area contributed by atoms with Crippen LogP contribution in [0.5, 0.6) is 0 Å². The van der Waals surface area contributed by atoms with E-state index in [1.165, 1.54) is 0 Å². The highest BCUT2D eigenvalue weighted by molar-refractivity contribution is 5.97. The van der Waals surface area contributed by atoms with Crippen molar-refractivity contribution in [3.8, 4) is 0 Å². The summed E-state index contributed by atoms with van der Waals surface area (Å²) in [6.45, 7) is 4.97.